The number of nitrogens with one attached hydrogen (secondary N) is 2. The van der Waals surface area contributed by atoms with Crippen molar-refractivity contribution in [2.45, 2.75) is 32.8 Å². The molecule has 0 saturated heterocycles. The highest BCUT2D eigenvalue weighted by molar-refractivity contribution is 6.33. The molecule has 1 heterocycles. The second-order valence-corrected chi connectivity index (χ2v) is 5.53. The van der Waals surface area contributed by atoms with Crippen molar-refractivity contribution in [3.8, 4) is 0 Å². The molecule has 0 aliphatic heterocycles. The first kappa shape index (κ1) is 16.7. The third-order valence-corrected chi connectivity index (χ3v) is 3.18. The lowest BCUT2D eigenvalue weighted by Gasteiger charge is -2.23. The summed E-state index contributed by atoms with van der Waals surface area (Å²) in [5.41, 5.74) is -0.00878. The van der Waals surface area contributed by atoms with Crippen LogP contribution in [0.4, 0.5) is 5.82 Å². The number of pyridine rings is 1. The number of aromatic nitrogens is 1. The Hall–Kier alpha value is -1.33. The summed E-state index contributed by atoms with van der Waals surface area (Å²) in [6.07, 6.45) is 2.46. The molecule has 0 aromatic carbocycles. The number of carbonyl (C=O) groups is 1. The van der Waals surface area contributed by atoms with Crippen molar-refractivity contribution >= 4 is 23.3 Å². The van der Waals surface area contributed by atoms with Crippen LogP contribution in [0.15, 0.2) is 12.3 Å². The molecule has 1 rings (SSSR count). The van der Waals surface area contributed by atoms with Crippen LogP contribution in [-0.4, -0.2) is 36.7 Å². The minimum Gasteiger partial charge on any atom is -0.377 e. The van der Waals surface area contributed by atoms with Crippen LogP contribution >= 0.6 is 11.6 Å². The number of hydrogen-bond acceptors (Lipinski definition) is 4. The predicted molar refractivity (Wildman–Crippen MR) is 81.4 cm³/mol. The molecule has 112 valence electrons. The molecule has 0 atom stereocenters. The number of methoxy groups -OCH3 is 1. The summed E-state index contributed by atoms with van der Waals surface area (Å²) >= 11 is 6.03. The van der Waals surface area contributed by atoms with E-state index in [1.165, 1.54) is 6.20 Å². The number of nitrogens with zero attached hydrogens (tertiary/aromatic N) is 1. The molecule has 1 aromatic heterocycles. The van der Waals surface area contributed by atoms with E-state index >= 15 is 0 Å². The number of halogens is 1. The molecular weight excluding hydrogens is 278 g/mol. The third kappa shape index (κ3) is 4.98. The van der Waals surface area contributed by atoms with Gasteiger partial charge in [0, 0.05) is 26.4 Å². The fourth-order valence-corrected chi connectivity index (χ4v) is 1.61. The maximum Gasteiger partial charge on any atom is 0.253 e. The molecular formula is C14H22ClN3O2. The Morgan fingerprint density at radius 3 is 2.80 bits per heavy atom. The summed E-state index contributed by atoms with van der Waals surface area (Å²) in [5.74, 6) is 0.412. The van der Waals surface area contributed by atoms with Gasteiger partial charge in [0.2, 0.25) is 0 Å². The molecule has 20 heavy (non-hydrogen) atoms. The molecule has 0 spiro atoms. The van der Waals surface area contributed by atoms with Gasteiger partial charge in [-0.05, 0) is 26.3 Å². The van der Waals surface area contributed by atoms with E-state index in [1.54, 1.807) is 13.2 Å². The van der Waals surface area contributed by atoms with Gasteiger partial charge in [-0.1, -0.05) is 18.5 Å². The average molecular weight is 300 g/mol. The number of rotatable bonds is 7. The molecule has 0 bridgehead atoms. The summed E-state index contributed by atoms with van der Waals surface area (Å²) in [4.78, 5) is 16.3. The normalized spacial score (nSPS) is 11.2. The first-order valence-corrected chi connectivity index (χ1v) is 7.00. The van der Waals surface area contributed by atoms with Crippen LogP contribution < -0.4 is 10.6 Å². The van der Waals surface area contributed by atoms with Crippen molar-refractivity contribution in [1.29, 1.82) is 0 Å². The maximum atomic E-state index is 12.1. The number of carbonyl (C=O) groups excluding carboxylic acids is 1. The van der Waals surface area contributed by atoms with Crippen molar-refractivity contribution in [2.24, 2.45) is 0 Å². The van der Waals surface area contributed by atoms with Crippen molar-refractivity contribution in [3.63, 3.8) is 0 Å². The largest absolute Gasteiger partial charge is 0.377 e. The lowest BCUT2D eigenvalue weighted by atomic mass is 10.1. The molecule has 0 aliphatic rings. The van der Waals surface area contributed by atoms with E-state index in [9.17, 15) is 4.79 Å². The summed E-state index contributed by atoms with van der Waals surface area (Å²) in [6, 6.07) is 1.66. The van der Waals surface area contributed by atoms with Crippen LogP contribution in [0.2, 0.25) is 5.02 Å². The van der Waals surface area contributed by atoms with Gasteiger partial charge in [-0.25, -0.2) is 4.98 Å². The van der Waals surface area contributed by atoms with Gasteiger partial charge in [-0.15, -0.1) is 0 Å². The Balaban J connectivity index is 2.76. The Morgan fingerprint density at radius 2 is 2.20 bits per heavy atom. The van der Waals surface area contributed by atoms with E-state index in [2.05, 4.69) is 22.5 Å². The highest BCUT2D eigenvalue weighted by Crippen LogP contribution is 2.18. The van der Waals surface area contributed by atoms with Gasteiger partial charge in [0.25, 0.3) is 5.91 Å². The van der Waals surface area contributed by atoms with Gasteiger partial charge in [0.05, 0.1) is 16.2 Å². The highest BCUT2D eigenvalue weighted by Gasteiger charge is 2.19. The zero-order chi connectivity index (χ0) is 15.2. The fraction of sp³-hybridized carbons (Fsp3) is 0.571. The highest BCUT2D eigenvalue weighted by atomic mass is 35.5. The summed E-state index contributed by atoms with van der Waals surface area (Å²) < 4.78 is 5.26. The SMILES string of the molecule is CCCNc1cc(C(=O)NCC(C)(C)OC)c(Cl)cn1. The molecule has 0 unspecified atom stereocenters. The predicted octanol–water partition coefficient (Wildman–Crippen LogP) is 2.71. The second kappa shape index (κ2) is 7.45. The first-order chi connectivity index (χ1) is 9.39. The zero-order valence-corrected chi connectivity index (χ0v) is 13.2. The maximum absolute atomic E-state index is 12.1. The number of hydrogen-bond donors (Lipinski definition) is 2. The standard InChI is InChI=1S/C14H22ClN3O2/c1-5-6-16-12-7-10(11(15)8-17-12)13(19)18-9-14(2,3)20-4/h7-8H,5-6,9H2,1-4H3,(H,16,17)(H,18,19). The Morgan fingerprint density at radius 1 is 1.50 bits per heavy atom. The molecule has 2 N–H and O–H groups in total. The van der Waals surface area contributed by atoms with Crippen LogP contribution in [0.25, 0.3) is 0 Å². The quantitative estimate of drug-likeness (QED) is 0.812. The molecule has 0 fully saturated rings. The zero-order valence-electron chi connectivity index (χ0n) is 12.4. The van der Waals surface area contributed by atoms with Crippen LogP contribution in [0.3, 0.4) is 0 Å². The minimum absolute atomic E-state index is 0.234. The van der Waals surface area contributed by atoms with E-state index in [1.807, 2.05) is 13.8 Å². The van der Waals surface area contributed by atoms with Crippen molar-refractivity contribution < 1.29 is 9.53 Å². The van der Waals surface area contributed by atoms with Gasteiger partial charge in [-0.3, -0.25) is 4.79 Å². The lowest BCUT2D eigenvalue weighted by Crippen LogP contribution is -2.39. The van der Waals surface area contributed by atoms with E-state index in [0.29, 0.717) is 22.9 Å². The first-order valence-electron chi connectivity index (χ1n) is 6.62. The van der Waals surface area contributed by atoms with E-state index in [0.717, 1.165) is 13.0 Å². The van der Waals surface area contributed by atoms with Gasteiger partial charge >= 0.3 is 0 Å². The van der Waals surface area contributed by atoms with Crippen molar-refractivity contribution in [1.82, 2.24) is 10.3 Å². The summed E-state index contributed by atoms with van der Waals surface area (Å²) in [5, 5.41) is 6.27. The summed E-state index contributed by atoms with van der Waals surface area (Å²) in [7, 11) is 1.61. The Kier molecular flexibility index (Phi) is 6.23. The topological polar surface area (TPSA) is 63.2 Å². The monoisotopic (exact) mass is 299 g/mol. The molecule has 0 radical (unpaired) electrons. The molecule has 1 aromatic rings. The molecule has 0 saturated carbocycles. The van der Waals surface area contributed by atoms with Crippen molar-refractivity contribution in [3.05, 3.63) is 22.8 Å². The third-order valence-electron chi connectivity index (χ3n) is 2.88. The van der Waals surface area contributed by atoms with Gasteiger partial charge in [0.1, 0.15) is 5.82 Å². The molecule has 1 amide bonds. The van der Waals surface area contributed by atoms with Crippen LogP contribution in [0.5, 0.6) is 0 Å². The fourth-order valence-electron chi connectivity index (χ4n) is 1.42. The van der Waals surface area contributed by atoms with Gasteiger partial charge in [0.15, 0.2) is 0 Å². The van der Waals surface area contributed by atoms with Gasteiger partial charge < -0.3 is 15.4 Å². The van der Waals surface area contributed by atoms with Crippen LogP contribution in [0.1, 0.15) is 37.6 Å². The smallest absolute Gasteiger partial charge is 0.253 e. The Bertz CT molecular complexity index is 464. The van der Waals surface area contributed by atoms with Gasteiger partial charge in [-0.2, -0.15) is 0 Å². The van der Waals surface area contributed by atoms with Crippen molar-refractivity contribution in [2.75, 3.05) is 25.5 Å². The second-order valence-electron chi connectivity index (χ2n) is 5.12. The van der Waals surface area contributed by atoms with E-state index < -0.39 is 5.60 Å². The number of amides is 1. The van der Waals surface area contributed by atoms with Crippen LogP contribution in [-0.2, 0) is 4.74 Å². The minimum atomic E-state index is -0.418. The Labute approximate surface area is 125 Å². The molecule has 5 nitrogen and oxygen atoms in total. The van der Waals surface area contributed by atoms with E-state index in [4.69, 9.17) is 16.3 Å². The number of anilines is 1. The molecule has 6 heteroatoms. The lowest BCUT2D eigenvalue weighted by molar-refractivity contribution is 0.0229. The summed E-state index contributed by atoms with van der Waals surface area (Å²) in [6.45, 7) is 7.06. The van der Waals surface area contributed by atoms with E-state index in [-0.39, 0.29) is 5.91 Å². The van der Waals surface area contributed by atoms with Crippen LogP contribution in [0, 0.1) is 0 Å². The molecule has 0 aliphatic carbocycles. The number of ether oxygens (including phenoxy) is 1. The average Bonchev–Trinajstić information content (AvgIpc) is 2.44.